The van der Waals surface area contributed by atoms with Gasteiger partial charge in [-0.2, -0.15) is 0 Å². The lowest BCUT2D eigenvalue weighted by molar-refractivity contribution is 0.0521. The molecule has 0 bridgehead atoms. The number of hydrogen-bond donors (Lipinski definition) is 1. The van der Waals surface area contributed by atoms with Gasteiger partial charge in [0.1, 0.15) is 12.4 Å². The summed E-state index contributed by atoms with van der Waals surface area (Å²) < 4.78 is 5.99. The molecule has 0 aromatic heterocycles. The molecule has 0 atom stereocenters. The van der Waals surface area contributed by atoms with E-state index in [1.165, 1.54) is 17.5 Å². The van der Waals surface area contributed by atoms with Gasteiger partial charge in [-0.05, 0) is 41.7 Å². The van der Waals surface area contributed by atoms with E-state index in [2.05, 4.69) is 41.3 Å². The van der Waals surface area contributed by atoms with Crippen molar-refractivity contribution >= 4 is 6.08 Å². The number of ether oxygens (including phenoxy) is 1. The maximum absolute atomic E-state index is 10.6. The number of fused-ring (bicyclic) bond motifs is 1. The first kappa shape index (κ1) is 18.3. The van der Waals surface area contributed by atoms with Crippen LogP contribution in [0.4, 0.5) is 0 Å². The molecule has 1 fully saturated rings. The quantitative estimate of drug-likeness (QED) is 0.801. The molecule has 0 spiro atoms. The Hall–Kier alpha value is -2.10. The Morgan fingerprint density at radius 1 is 0.963 bits per heavy atom. The van der Waals surface area contributed by atoms with Gasteiger partial charge in [0.15, 0.2) is 0 Å². The van der Waals surface area contributed by atoms with Crippen LogP contribution in [-0.2, 0) is 13.1 Å². The minimum atomic E-state index is -0.625. The summed E-state index contributed by atoms with van der Waals surface area (Å²) in [7, 11) is 0. The van der Waals surface area contributed by atoms with Crippen molar-refractivity contribution in [2.75, 3.05) is 13.2 Å². The maximum atomic E-state index is 10.6. The van der Waals surface area contributed by atoms with Crippen LogP contribution in [0.1, 0.15) is 48.8 Å². The Morgan fingerprint density at radius 2 is 1.70 bits per heavy atom. The average Bonchev–Trinajstić information content (AvgIpc) is 3.10. The molecule has 3 nitrogen and oxygen atoms in total. The fourth-order valence-corrected chi connectivity index (χ4v) is 4.14. The van der Waals surface area contributed by atoms with Gasteiger partial charge in [0.25, 0.3) is 0 Å². The second kappa shape index (κ2) is 8.28. The zero-order valence-corrected chi connectivity index (χ0v) is 15.9. The summed E-state index contributed by atoms with van der Waals surface area (Å²) in [4.78, 5) is 2.42. The molecule has 142 valence electrons. The molecule has 1 aliphatic carbocycles. The molecule has 1 saturated carbocycles. The highest BCUT2D eigenvalue weighted by atomic mass is 16.5. The second-order valence-electron chi connectivity index (χ2n) is 7.90. The number of benzene rings is 2. The van der Waals surface area contributed by atoms with Gasteiger partial charge >= 0.3 is 0 Å². The Balaban J connectivity index is 1.28. The van der Waals surface area contributed by atoms with Gasteiger partial charge in [-0.3, -0.25) is 4.90 Å². The van der Waals surface area contributed by atoms with Crippen molar-refractivity contribution in [2.45, 2.75) is 50.8 Å². The first-order valence-electron chi connectivity index (χ1n) is 10.1. The average molecular weight is 364 g/mol. The highest BCUT2D eigenvalue weighted by Crippen LogP contribution is 2.30. The first-order valence-corrected chi connectivity index (χ1v) is 10.1. The van der Waals surface area contributed by atoms with Crippen molar-refractivity contribution in [3.8, 4) is 5.75 Å². The molecule has 0 amide bonds. The van der Waals surface area contributed by atoms with Gasteiger partial charge in [-0.15, -0.1) is 0 Å². The van der Waals surface area contributed by atoms with Crippen molar-refractivity contribution in [1.29, 1.82) is 0 Å². The SMILES string of the molecule is OC1(/C=C/c2cccc(OCCN3Cc4ccccc4C3)c2)CCCCC1. The molecule has 27 heavy (non-hydrogen) atoms. The Kier molecular flexibility index (Phi) is 5.61. The summed E-state index contributed by atoms with van der Waals surface area (Å²) in [6.45, 7) is 3.64. The predicted octanol–water partition coefficient (Wildman–Crippen LogP) is 4.79. The number of hydrogen-bond acceptors (Lipinski definition) is 3. The molecule has 4 rings (SSSR count). The molecule has 2 aromatic rings. The monoisotopic (exact) mass is 363 g/mol. The minimum Gasteiger partial charge on any atom is -0.492 e. The Morgan fingerprint density at radius 3 is 2.44 bits per heavy atom. The number of aliphatic hydroxyl groups is 1. The van der Waals surface area contributed by atoms with E-state index in [-0.39, 0.29) is 0 Å². The molecule has 0 saturated heterocycles. The van der Waals surface area contributed by atoms with Crippen LogP contribution in [0.3, 0.4) is 0 Å². The lowest BCUT2D eigenvalue weighted by atomic mass is 9.84. The highest BCUT2D eigenvalue weighted by Gasteiger charge is 2.25. The fourth-order valence-electron chi connectivity index (χ4n) is 4.14. The Bertz CT molecular complexity index is 767. The van der Waals surface area contributed by atoms with E-state index in [0.717, 1.165) is 56.6 Å². The van der Waals surface area contributed by atoms with Crippen molar-refractivity contribution in [1.82, 2.24) is 4.90 Å². The minimum absolute atomic E-state index is 0.625. The zero-order chi connectivity index (χ0) is 18.5. The van der Waals surface area contributed by atoms with E-state index in [9.17, 15) is 5.11 Å². The fraction of sp³-hybridized carbons (Fsp3) is 0.417. The van der Waals surface area contributed by atoms with Crippen LogP contribution in [0.25, 0.3) is 6.08 Å². The lowest BCUT2D eigenvalue weighted by Crippen LogP contribution is -2.28. The summed E-state index contributed by atoms with van der Waals surface area (Å²) >= 11 is 0. The van der Waals surface area contributed by atoms with E-state index >= 15 is 0 Å². The molecular weight excluding hydrogens is 334 g/mol. The van der Waals surface area contributed by atoms with Gasteiger partial charge in [-0.25, -0.2) is 0 Å². The summed E-state index contributed by atoms with van der Waals surface area (Å²) in [5.74, 6) is 0.893. The van der Waals surface area contributed by atoms with E-state index in [1.54, 1.807) is 0 Å². The van der Waals surface area contributed by atoms with Crippen molar-refractivity contribution in [3.05, 3.63) is 71.3 Å². The summed E-state index contributed by atoms with van der Waals surface area (Å²) in [5.41, 5.74) is 3.33. The van der Waals surface area contributed by atoms with E-state index in [1.807, 2.05) is 24.3 Å². The molecule has 1 heterocycles. The van der Waals surface area contributed by atoms with Gasteiger partial charge < -0.3 is 9.84 Å². The zero-order valence-electron chi connectivity index (χ0n) is 15.9. The number of nitrogens with zero attached hydrogens (tertiary/aromatic N) is 1. The first-order chi connectivity index (χ1) is 13.2. The van der Waals surface area contributed by atoms with Crippen molar-refractivity contribution < 1.29 is 9.84 Å². The van der Waals surface area contributed by atoms with Crippen LogP contribution in [0.15, 0.2) is 54.6 Å². The van der Waals surface area contributed by atoms with Crippen LogP contribution in [-0.4, -0.2) is 28.8 Å². The molecule has 0 radical (unpaired) electrons. The third-order valence-corrected chi connectivity index (χ3v) is 5.75. The lowest BCUT2D eigenvalue weighted by Gasteiger charge is -2.28. The van der Waals surface area contributed by atoms with Gasteiger partial charge in [0.2, 0.25) is 0 Å². The standard InChI is InChI=1S/C24H29NO2/c26-24(12-4-1-5-13-24)14-11-20-7-6-10-23(17-20)27-16-15-25-18-21-8-2-3-9-22(21)19-25/h2-3,6-11,14,17,26H,1,4-5,12-13,15-16,18-19H2/b14-11+. The second-order valence-corrected chi connectivity index (χ2v) is 7.90. The normalized spacial score (nSPS) is 19.3. The third-order valence-electron chi connectivity index (χ3n) is 5.75. The number of rotatable bonds is 6. The summed E-state index contributed by atoms with van der Waals surface area (Å²) in [6.07, 6.45) is 9.23. The molecular formula is C24H29NO2. The van der Waals surface area contributed by atoms with Gasteiger partial charge in [0.05, 0.1) is 5.60 Å². The van der Waals surface area contributed by atoms with Crippen LogP contribution in [0.2, 0.25) is 0 Å². The van der Waals surface area contributed by atoms with Gasteiger partial charge in [-0.1, -0.05) is 67.8 Å². The van der Waals surface area contributed by atoms with Crippen molar-refractivity contribution in [3.63, 3.8) is 0 Å². The molecule has 0 unspecified atom stereocenters. The van der Waals surface area contributed by atoms with Gasteiger partial charge in [0, 0.05) is 19.6 Å². The van der Waals surface area contributed by atoms with Crippen LogP contribution >= 0.6 is 0 Å². The summed E-state index contributed by atoms with van der Waals surface area (Å²) in [6, 6.07) is 16.8. The molecule has 2 aliphatic rings. The maximum Gasteiger partial charge on any atom is 0.119 e. The largest absolute Gasteiger partial charge is 0.492 e. The third kappa shape index (κ3) is 4.79. The van der Waals surface area contributed by atoms with E-state index in [0.29, 0.717) is 6.61 Å². The molecule has 1 N–H and O–H groups in total. The Labute approximate surface area is 162 Å². The molecule has 3 heteroatoms. The van der Waals surface area contributed by atoms with E-state index in [4.69, 9.17) is 4.74 Å². The molecule has 2 aromatic carbocycles. The highest BCUT2D eigenvalue weighted by molar-refractivity contribution is 5.53. The van der Waals surface area contributed by atoms with Crippen LogP contribution in [0.5, 0.6) is 5.75 Å². The van der Waals surface area contributed by atoms with Crippen molar-refractivity contribution in [2.24, 2.45) is 0 Å². The van der Waals surface area contributed by atoms with E-state index < -0.39 is 5.60 Å². The predicted molar refractivity (Wildman–Crippen MR) is 110 cm³/mol. The summed E-state index contributed by atoms with van der Waals surface area (Å²) in [5, 5.41) is 10.6. The smallest absolute Gasteiger partial charge is 0.119 e. The van der Waals surface area contributed by atoms with Crippen LogP contribution < -0.4 is 4.74 Å². The topological polar surface area (TPSA) is 32.7 Å². The van der Waals surface area contributed by atoms with Crippen LogP contribution in [0, 0.1) is 0 Å². The molecule has 1 aliphatic heterocycles.